The highest BCUT2D eigenvalue weighted by molar-refractivity contribution is 9.10. The summed E-state index contributed by atoms with van der Waals surface area (Å²) in [6, 6.07) is 13.5. The summed E-state index contributed by atoms with van der Waals surface area (Å²) in [7, 11) is 1.64. The molecule has 0 amide bonds. The Balaban J connectivity index is 1.68. The van der Waals surface area contributed by atoms with Crippen molar-refractivity contribution in [2.24, 2.45) is 5.10 Å². The highest BCUT2D eigenvalue weighted by atomic mass is 79.9. The maximum atomic E-state index is 5.84. The van der Waals surface area contributed by atoms with Gasteiger partial charge in [-0.1, -0.05) is 15.9 Å². The molecule has 0 radical (unpaired) electrons. The molecule has 134 valence electrons. The van der Waals surface area contributed by atoms with Crippen LogP contribution in [-0.2, 0) is 6.61 Å². The van der Waals surface area contributed by atoms with Crippen LogP contribution in [0.15, 0.2) is 57.4 Å². The molecular weight excluding hydrogens is 416 g/mol. The largest absolute Gasteiger partial charge is 0.496 e. The Hall–Kier alpha value is -2.58. The molecule has 0 aliphatic rings. The molecule has 3 aromatic rings. The molecule has 6 nitrogen and oxygen atoms in total. The number of nitrogen functional groups attached to an aromatic ring is 1. The van der Waals surface area contributed by atoms with Crippen molar-refractivity contribution in [3.8, 4) is 11.5 Å². The Kier molecular flexibility index (Phi) is 6.08. The van der Waals surface area contributed by atoms with Crippen LogP contribution in [0, 0.1) is 0 Å². The Morgan fingerprint density at radius 1 is 1.27 bits per heavy atom. The molecule has 0 spiro atoms. The second-order valence-electron chi connectivity index (χ2n) is 5.26. The van der Waals surface area contributed by atoms with Gasteiger partial charge in [0, 0.05) is 15.4 Å². The average molecular weight is 433 g/mol. The fourth-order valence-electron chi connectivity index (χ4n) is 2.18. The minimum atomic E-state index is 0.392. The first-order chi connectivity index (χ1) is 12.6. The lowest BCUT2D eigenvalue weighted by Gasteiger charge is -2.11. The lowest BCUT2D eigenvalue weighted by atomic mass is 10.1. The number of nitrogens with zero attached hydrogens (tertiary/aromatic N) is 2. The third-order valence-corrected chi connectivity index (χ3v) is 4.70. The van der Waals surface area contributed by atoms with Crippen LogP contribution in [0.5, 0.6) is 11.5 Å². The van der Waals surface area contributed by atoms with E-state index in [2.05, 4.69) is 31.4 Å². The standard InChI is InChI=1S/C18H17BrN4O2S/c1-24-16-7-2-12(9-21-23-18-22-17(20)11-26-18)8-13(16)10-25-15-5-3-14(19)4-6-15/h2-9,11H,10,20H2,1H3,(H,22,23). The summed E-state index contributed by atoms with van der Waals surface area (Å²) in [4.78, 5) is 4.08. The van der Waals surface area contributed by atoms with Gasteiger partial charge in [-0.2, -0.15) is 5.10 Å². The monoisotopic (exact) mass is 432 g/mol. The van der Waals surface area contributed by atoms with Crippen molar-refractivity contribution in [2.75, 3.05) is 18.3 Å². The quantitative estimate of drug-likeness (QED) is 0.423. The number of anilines is 2. The number of aromatic nitrogens is 1. The maximum Gasteiger partial charge on any atom is 0.205 e. The topological polar surface area (TPSA) is 81.8 Å². The number of hydrogen-bond donors (Lipinski definition) is 2. The minimum Gasteiger partial charge on any atom is -0.496 e. The number of benzene rings is 2. The van der Waals surface area contributed by atoms with Crippen LogP contribution >= 0.6 is 27.3 Å². The molecular formula is C18H17BrN4O2S. The van der Waals surface area contributed by atoms with E-state index in [-0.39, 0.29) is 0 Å². The van der Waals surface area contributed by atoms with Crippen LogP contribution in [0.2, 0.25) is 0 Å². The lowest BCUT2D eigenvalue weighted by Crippen LogP contribution is -2.00. The molecule has 3 N–H and O–H groups in total. The molecule has 2 aromatic carbocycles. The predicted molar refractivity (Wildman–Crippen MR) is 109 cm³/mol. The van der Waals surface area contributed by atoms with Gasteiger partial charge >= 0.3 is 0 Å². The van der Waals surface area contributed by atoms with Crippen LogP contribution < -0.4 is 20.6 Å². The molecule has 26 heavy (non-hydrogen) atoms. The van der Waals surface area contributed by atoms with Gasteiger partial charge in [0.25, 0.3) is 0 Å². The smallest absolute Gasteiger partial charge is 0.205 e. The second kappa shape index (κ2) is 8.68. The van der Waals surface area contributed by atoms with E-state index in [1.807, 2.05) is 42.5 Å². The number of rotatable bonds is 7. The molecule has 8 heteroatoms. The van der Waals surface area contributed by atoms with Gasteiger partial charge in [-0.05, 0) is 48.0 Å². The van der Waals surface area contributed by atoms with E-state index < -0.39 is 0 Å². The van der Waals surface area contributed by atoms with E-state index in [0.29, 0.717) is 17.6 Å². The number of hydrazone groups is 1. The number of nitrogens with one attached hydrogen (secondary N) is 1. The van der Waals surface area contributed by atoms with Gasteiger partial charge in [0.1, 0.15) is 23.9 Å². The summed E-state index contributed by atoms with van der Waals surface area (Å²) >= 11 is 4.81. The SMILES string of the molecule is COc1ccc(C=NNc2nc(N)cs2)cc1COc1ccc(Br)cc1. The highest BCUT2D eigenvalue weighted by Gasteiger charge is 2.05. The van der Waals surface area contributed by atoms with Gasteiger partial charge in [0.05, 0.1) is 13.3 Å². The van der Waals surface area contributed by atoms with Crippen LogP contribution in [0.3, 0.4) is 0 Å². The van der Waals surface area contributed by atoms with Crippen LogP contribution in [0.4, 0.5) is 10.9 Å². The zero-order valence-corrected chi connectivity index (χ0v) is 16.4. The molecule has 1 heterocycles. The van der Waals surface area contributed by atoms with E-state index >= 15 is 0 Å². The van der Waals surface area contributed by atoms with Crippen molar-refractivity contribution in [2.45, 2.75) is 6.61 Å². The van der Waals surface area contributed by atoms with E-state index in [4.69, 9.17) is 15.2 Å². The summed E-state index contributed by atoms with van der Waals surface area (Å²) in [5.74, 6) is 2.03. The first-order valence-corrected chi connectivity index (χ1v) is 9.36. The number of thiazole rings is 1. The second-order valence-corrected chi connectivity index (χ2v) is 7.04. The molecule has 0 unspecified atom stereocenters. The average Bonchev–Trinajstić information content (AvgIpc) is 3.06. The predicted octanol–water partition coefficient (Wildman–Crippen LogP) is 4.52. The Morgan fingerprint density at radius 3 is 2.77 bits per heavy atom. The summed E-state index contributed by atoms with van der Waals surface area (Å²) in [5, 5.41) is 6.58. The highest BCUT2D eigenvalue weighted by Crippen LogP contribution is 2.23. The van der Waals surface area contributed by atoms with E-state index in [0.717, 1.165) is 27.1 Å². The Labute approximate surface area is 163 Å². The minimum absolute atomic E-state index is 0.392. The van der Waals surface area contributed by atoms with Gasteiger partial charge in [0.15, 0.2) is 0 Å². The molecule has 0 fully saturated rings. The molecule has 0 atom stereocenters. The van der Waals surface area contributed by atoms with Gasteiger partial charge in [-0.3, -0.25) is 5.43 Å². The Bertz CT molecular complexity index is 896. The van der Waals surface area contributed by atoms with Crippen LogP contribution in [0.1, 0.15) is 11.1 Å². The molecule has 0 saturated carbocycles. The summed E-state index contributed by atoms with van der Waals surface area (Å²) in [6.07, 6.45) is 1.71. The van der Waals surface area contributed by atoms with Crippen LogP contribution in [0.25, 0.3) is 0 Å². The number of halogens is 1. The van der Waals surface area contributed by atoms with Crippen molar-refractivity contribution >= 4 is 44.4 Å². The van der Waals surface area contributed by atoms with E-state index in [9.17, 15) is 0 Å². The summed E-state index contributed by atoms with van der Waals surface area (Å²) in [6.45, 7) is 0.392. The summed E-state index contributed by atoms with van der Waals surface area (Å²) < 4.78 is 12.3. The number of hydrogen-bond acceptors (Lipinski definition) is 7. The molecule has 0 saturated heterocycles. The fraction of sp³-hybridized carbons (Fsp3) is 0.111. The zero-order valence-electron chi connectivity index (χ0n) is 14.0. The molecule has 3 rings (SSSR count). The molecule has 0 bridgehead atoms. The van der Waals surface area contributed by atoms with Crippen molar-refractivity contribution in [3.63, 3.8) is 0 Å². The van der Waals surface area contributed by atoms with Gasteiger partial charge in [-0.15, -0.1) is 11.3 Å². The fourth-order valence-corrected chi connectivity index (χ4v) is 3.00. The van der Waals surface area contributed by atoms with Crippen molar-refractivity contribution in [1.82, 2.24) is 4.98 Å². The van der Waals surface area contributed by atoms with Gasteiger partial charge in [-0.25, -0.2) is 4.98 Å². The van der Waals surface area contributed by atoms with Crippen molar-refractivity contribution < 1.29 is 9.47 Å². The lowest BCUT2D eigenvalue weighted by molar-refractivity contribution is 0.296. The van der Waals surface area contributed by atoms with E-state index in [1.54, 1.807) is 18.7 Å². The third-order valence-electron chi connectivity index (χ3n) is 3.41. The molecule has 0 aliphatic heterocycles. The van der Waals surface area contributed by atoms with Crippen molar-refractivity contribution in [3.05, 3.63) is 63.4 Å². The normalized spacial score (nSPS) is 10.8. The zero-order chi connectivity index (χ0) is 18.4. The van der Waals surface area contributed by atoms with Gasteiger partial charge in [0.2, 0.25) is 5.13 Å². The van der Waals surface area contributed by atoms with Crippen LogP contribution in [-0.4, -0.2) is 18.3 Å². The number of methoxy groups -OCH3 is 1. The molecule has 1 aromatic heterocycles. The third kappa shape index (κ3) is 4.96. The number of nitrogens with two attached hydrogens (primary N) is 1. The first kappa shape index (κ1) is 18.2. The van der Waals surface area contributed by atoms with Crippen molar-refractivity contribution in [1.29, 1.82) is 0 Å². The Morgan fingerprint density at radius 2 is 2.08 bits per heavy atom. The maximum absolute atomic E-state index is 5.84. The molecule has 0 aliphatic carbocycles. The number of ether oxygens (including phenoxy) is 2. The first-order valence-electron chi connectivity index (χ1n) is 7.69. The van der Waals surface area contributed by atoms with E-state index in [1.165, 1.54) is 11.3 Å². The summed E-state index contributed by atoms with van der Waals surface area (Å²) in [5.41, 5.74) is 10.3. The van der Waals surface area contributed by atoms with Gasteiger partial charge < -0.3 is 15.2 Å².